The smallest absolute Gasteiger partial charge is 0.245 e. The summed E-state index contributed by atoms with van der Waals surface area (Å²) in [6.07, 6.45) is 1.05. The van der Waals surface area contributed by atoms with E-state index < -0.39 is 0 Å². The summed E-state index contributed by atoms with van der Waals surface area (Å²) in [5.41, 5.74) is 6.59. The molecule has 0 aliphatic carbocycles. The molecule has 0 aliphatic heterocycles. The zero-order valence-corrected chi connectivity index (χ0v) is 10.3. The first-order valence-corrected chi connectivity index (χ1v) is 5.87. The lowest BCUT2D eigenvalue weighted by atomic mass is 10.3. The molecule has 0 saturated carbocycles. The maximum atomic E-state index is 12.0. The van der Waals surface area contributed by atoms with E-state index >= 15 is 0 Å². The summed E-state index contributed by atoms with van der Waals surface area (Å²) in [5.74, 6) is 0.381. The van der Waals surface area contributed by atoms with Crippen molar-refractivity contribution < 1.29 is 9.13 Å². The molecule has 2 aromatic heterocycles. The number of fused-ring (bicyclic) bond motifs is 1. The molecule has 0 saturated heterocycles. The van der Waals surface area contributed by atoms with E-state index in [1.165, 1.54) is 0 Å². The molecule has 0 unspecified atom stereocenters. The molecule has 96 valence electrons. The van der Waals surface area contributed by atoms with Crippen molar-refractivity contribution in [2.45, 2.75) is 12.8 Å². The van der Waals surface area contributed by atoms with Crippen molar-refractivity contribution in [3.8, 4) is 5.88 Å². The van der Waals surface area contributed by atoms with Crippen molar-refractivity contribution in [2.75, 3.05) is 19.0 Å². The summed E-state index contributed by atoms with van der Waals surface area (Å²) < 4.78 is 17.4. The Hall–Kier alpha value is -1.69. The van der Waals surface area contributed by atoms with Gasteiger partial charge in [0.1, 0.15) is 5.15 Å². The number of nitrogens with zero attached hydrogens (tertiary/aromatic N) is 3. The Kier molecular flexibility index (Phi) is 4.09. The van der Waals surface area contributed by atoms with Crippen LogP contribution in [0.5, 0.6) is 5.88 Å². The van der Waals surface area contributed by atoms with Crippen LogP contribution in [-0.4, -0.2) is 28.2 Å². The molecule has 0 atom stereocenters. The Morgan fingerprint density at radius 2 is 2.06 bits per heavy atom. The topological polar surface area (TPSA) is 73.9 Å². The van der Waals surface area contributed by atoms with E-state index in [1.807, 2.05) is 0 Å². The van der Waals surface area contributed by atoms with Crippen molar-refractivity contribution >= 4 is 28.6 Å². The van der Waals surface area contributed by atoms with E-state index in [4.69, 9.17) is 22.1 Å². The number of rotatable bonds is 5. The monoisotopic (exact) mass is 270 g/mol. The fourth-order valence-corrected chi connectivity index (χ4v) is 1.59. The number of unbranched alkanes of at least 4 members (excludes halogenated alkanes) is 1. The second-order valence-corrected chi connectivity index (χ2v) is 4.02. The molecule has 0 fully saturated rings. The van der Waals surface area contributed by atoms with Gasteiger partial charge in [-0.05, 0) is 25.0 Å². The van der Waals surface area contributed by atoms with Crippen molar-refractivity contribution in [2.24, 2.45) is 0 Å². The molecular weight excluding hydrogens is 259 g/mol. The molecule has 0 bridgehead atoms. The van der Waals surface area contributed by atoms with E-state index in [2.05, 4.69) is 15.0 Å². The van der Waals surface area contributed by atoms with Gasteiger partial charge in [0.15, 0.2) is 5.52 Å². The average molecular weight is 271 g/mol. The zero-order valence-electron chi connectivity index (χ0n) is 9.57. The van der Waals surface area contributed by atoms with Crippen molar-refractivity contribution in [3.63, 3.8) is 0 Å². The van der Waals surface area contributed by atoms with Crippen molar-refractivity contribution in [1.29, 1.82) is 0 Å². The standard InChI is InChI=1S/C11H12ClFN4O/c12-8-4-3-7-9(16-8)10(17-11(14)15-7)18-6-2-1-5-13/h3-4H,1-2,5-6H2,(H2,14,15,17). The van der Waals surface area contributed by atoms with E-state index in [1.54, 1.807) is 12.1 Å². The van der Waals surface area contributed by atoms with Crippen LogP contribution in [0.4, 0.5) is 10.3 Å². The first-order chi connectivity index (χ1) is 8.70. The van der Waals surface area contributed by atoms with E-state index in [-0.39, 0.29) is 18.5 Å². The number of hydrogen-bond donors (Lipinski definition) is 1. The minimum Gasteiger partial charge on any atom is -0.476 e. The number of pyridine rings is 1. The molecule has 2 N–H and O–H groups in total. The summed E-state index contributed by atoms with van der Waals surface area (Å²) in [6, 6.07) is 3.31. The molecule has 18 heavy (non-hydrogen) atoms. The number of nitrogen functional groups attached to an aromatic ring is 1. The lowest BCUT2D eigenvalue weighted by molar-refractivity contribution is 0.290. The van der Waals surface area contributed by atoms with Crippen LogP contribution in [0, 0.1) is 0 Å². The third kappa shape index (κ3) is 2.95. The van der Waals surface area contributed by atoms with E-state index in [0.717, 1.165) is 0 Å². The Bertz CT molecular complexity index is 552. The fraction of sp³-hybridized carbons (Fsp3) is 0.364. The van der Waals surface area contributed by atoms with Gasteiger partial charge in [0, 0.05) is 0 Å². The number of alkyl halides is 1. The Balaban J connectivity index is 2.27. The molecule has 0 aliphatic rings. The molecule has 0 amide bonds. The number of halogens is 2. The van der Waals surface area contributed by atoms with Crippen molar-refractivity contribution in [1.82, 2.24) is 15.0 Å². The van der Waals surface area contributed by atoms with E-state index in [0.29, 0.717) is 35.6 Å². The van der Waals surface area contributed by atoms with Gasteiger partial charge in [-0.25, -0.2) is 9.97 Å². The first kappa shape index (κ1) is 12.8. The maximum absolute atomic E-state index is 12.0. The molecule has 0 radical (unpaired) electrons. The van der Waals surface area contributed by atoms with Gasteiger partial charge in [0.25, 0.3) is 0 Å². The third-order valence-electron chi connectivity index (χ3n) is 2.26. The third-order valence-corrected chi connectivity index (χ3v) is 2.47. The van der Waals surface area contributed by atoms with Crippen LogP contribution in [0.2, 0.25) is 5.15 Å². The molecule has 2 heterocycles. The number of anilines is 1. The first-order valence-electron chi connectivity index (χ1n) is 5.49. The summed E-state index contributed by atoms with van der Waals surface area (Å²) in [5, 5.41) is 0.324. The second kappa shape index (κ2) is 5.77. The van der Waals surface area contributed by atoms with Gasteiger partial charge in [-0.15, -0.1) is 0 Å². The molecular formula is C11H12ClFN4O. The quantitative estimate of drug-likeness (QED) is 0.667. The highest BCUT2D eigenvalue weighted by Gasteiger charge is 2.09. The Morgan fingerprint density at radius 1 is 1.22 bits per heavy atom. The normalized spacial score (nSPS) is 10.8. The van der Waals surface area contributed by atoms with Gasteiger partial charge >= 0.3 is 0 Å². The number of ether oxygens (including phenoxy) is 1. The Morgan fingerprint density at radius 3 is 2.83 bits per heavy atom. The second-order valence-electron chi connectivity index (χ2n) is 3.63. The van der Waals surface area contributed by atoms with Crippen LogP contribution in [-0.2, 0) is 0 Å². The predicted molar refractivity (Wildman–Crippen MR) is 67.5 cm³/mol. The summed E-state index contributed by atoms with van der Waals surface area (Å²) in [6.45, 7) is -0.0102. The van der Waals surface area contributed by atoms with Gasteiger partial charge in [-0.1, -0.05) is 11.6 Å². The molecule has 7 heteroatoms. The highest BCUT2D eigenvalue weighted by molar-refractivity contribution is 6.29. The highest BCUT2D eigenvalue weighted by atomic mass is 35.5. The van der Waals surface area contributed by atoms with Gasteiger partial charge in [-0.3, -0.25) is 4.39 Å². The molecule has 2 rings (SSSR count). The Labute approximate surface area is 108 Å². The number of hydrogen-bond acceptors (Lipinski definition) is 5. The minimum atomic E-state index is -0.361. The molecule has 5 nitrogen and oxygen atoms in total. The molecule has 0 aromatic carbocycles. The minimum absolute atomic E-state index is 0.104. The number of aromatic nitrogens is 3. The van der Waals surface area contributed by atoms with Gasteiger partial charge < -0.3 is 10.5 Å². The summed E-state index contributed by atoms with van der Waals surface area (Å²) >= 11 is 5.81. The van der Waals surface area contributed by atoms with Gasteiger partial charge in [0.05, 0.1) is 18.8 Å². The van der Waals surface area contributed by atoms with Crippen LogP contribution in [0.15, 0.2) is 12.1 Å². The fourth-order valence-electron chi connectivity index (χ4n) is 1.45. The lowest BCUT2D eigenvalue weighted by Crippen LogP contribution is -2.04. The molecule has 0 spiro atoms. The lowest BCUT2D eigenvalue weighted by Gasteiger charge is -2.07. The van der Waals surface area contributed by atoms with Crippen molar-refractivity contribution in [3.05, 3.63) is 17.3 Å². The van der Waals surface area contributed by atoms with Crippen LogP contribution in [0.25, 0.3) is 11.0 Å². The van der Waals surface area contributed by atoms with E-state index in [9.17, 15) is 4.39 Å². The largest absolute Gasteiger partial charge is 0.476 e. The summed E-state index contributed by atoms with van der Waals surface area (Å²) in [7, 11) is 0. The highest BCUT2D eigenvalue weighted by Crippen LogP contribution is 2.23. The van der Waals surface area contributed by atoms with Crippen LogP contribution in [0.3, 0.4) is 0 Å². The molecule has 2 aromatic rings. The van der Waals surface area contributed by atoms with Crippen LogP contribution < -0.4 is 10.5 Å². The number of nitrogens with two attached hydrogens (primary N) is 1. The van der Waals surface area contributed by atoms with Crippen LogP contribution in [0.1, 0.15) is 12.8 Å². The van der Waals surface area contributed by atoms with Gasteiger partial charge in [-0.2, -0.15) is 4.98 Å². The maximum Gasteiger partial charge on any atom is 0.245 e. The van der Waals surface area contributed by atoms with Gasteiger partial charge in [0.2, 0.25) is 11.8 Å². The predicted octanol–water partition coefficient (Wildman–Crippen LogP) is 2.39. The van der Waals surface area contributed by atoms with Crippen LogP contribution >= 0.6 is 11.6 Å². The zero-order chi connectivity index (χ0) is 13.0. The summed E-state index contributed by atoms with van der Waals surface area (Å²) in [4.78, 5) is 12.1. The SMILES string of the molecule is Nc1nc(OCCCCF)c2nc(Cl)ccc2n1. The average Bonchev–Trinajstić information content (AvgIpc) is 2.35.